The summed E-state index contributed by atoms with van der Waals surface area (Å²) in [7, 11) is 2.93. The van der Waals surface area contributed by atoms with Gasteiger partial charge in [-0.2, -0.15) is 0 Å². The van der Waals surface area contributed by atoms with Gasteiger partial charge in [-0.05, 0) is 35.7 Å². The second kappa shape index (κ2) is 12.0. The Hall–Kier alpha value is -5.70. The molecule has 9 nitrogen and oxygen atoms in total. The van der Waals surface area contributed by atoms with Gasteiger partial charge in [-0.25, -0.2) is 0 Å². The molecule has 0 saturated heterocycles. The number of phenols is 1. The molecular formula is C32H26N4O5. The molecular weight excluding hydrogens is 520 g/mol. The standard InChI is InChI=1S/C32H26N4O5/c1-40-27-19-26(28(41-2)18-25(27)34-31(38)20-11-5-3-6-12-20)35-36-29-23-16-10-9-13-21(23)17-24(30(29)37)32(39)33-22-14-7-4-8-15-22/h3-19,37H,1-2H3,(H,33,39)(H,34,38). The van der Waals surface area contributed by atoms with Gasteiger partial charge in [0.05, 0.1) is 25.5 Å². The summed E-state index contributed by atoms with van der Waals surface area (Å²) >= 11 is 0. The number of fused-ring (bicyclic) bond motifs is 1. The highest BCUT2D eigenvalue weighted by Crippen LogP contribution is 2.42. The van der Waals surface area contributed by atoms with Crippen molar-refractivity contribution < 1.29 is 24.2 Å². The highest BCUT2D eigenvalue weighted by molar-refractivity contribution is 6.11. The number of phenolic OH excluding ortho intramolecular Hbond substituents is 1. The lowest BCUT2D eigenvalue weighted by atomic mass is 10.0. The number of nitrogens with zero attached hydrogens (tertiary/aromatic N) is 2. The molecule has 0 bridgehead atoms. The fourth-order valence-electron chi connectivity index (χ4n) is 4.26. The van der Waals surface area contributed by atoms with Crippen LogP contribution in [0, 0.1) is 0 Å². The van der Waals surface area contributed by atoms with Gasteiger partial charge in [0.15, 0.2) is 5.75 Å². The van der Waals surface area contributed by atoms with Crippen LogP contribution in [0.4, 0.5) is 22.7 Å². The van der Waals surface area contributed by atoms with Gasteiger partial charge in [0.2, 0.25) is 0 Å². The maximum absolute atomic E-state index is 13.1. The van der Waals surface area contributed by atoms with E-state index in [9.17, 15) is 14.7 Å². The normalized spacial score (nSPS) is 10.9. The molecule has 0 aromatic heterocycles. The fourth-order valence-corrected chi connectivity index (χ4v) is 4.26. The van der Waals surface area contributed by atoms with Crippen LogP contribution >= 0.6 is 0 Å². The zero-order chi connectivity index (χ0) is 28.8. The van der Waals surface area contributed by atoms with Gasteiger partial charge < -0.3 is 25.2 Å². The molecule has 0 aliphatic heterocycles. The van der Waals surface area contributed by atoms with Crippen LogP contribution in [-0.2, 0) is 0 Å². The fraction of sp³-hybridized carbons (Fsp3) is 0.0625. The van der Waals surface area contributed by atoms with Crippen LogP contribution in [0.1, 0.15) is 20.7 Å². The van der Waals surface area contributed by atoms with E-state index >= 15 is 0 Å². The maximum Gasteiger partial charge on any atom is 0.259 e. The molecule has 9 heteroatoms. The summed E-state index contributed by atoms with van der Waals surface area (Å²) in [6.07, 6.45) is 0. The molecule has 0 saturated carbocycles. The first-order valence-corrected chi connectivity index (χ1v) is 12.6. The summed E-state index contributed by atoms with van der Waals surface area (Å²) in [5.41, 5.74) is 1.89. The molecule has 0 atom stereocenters. The van der Waals surface area contributed by atoms with Gasteiger partial charge in [-0.1, -0.05) is 60.7 Å². The summed E-state index contributed by atoms with van der Waals surface area (Å²) in [6.45, 7) is 0. The van der Waals surface area contributed by atoms with E-state index in [1.807, 2.05) is 24.3 Å². The highest BCUT2D eigenvalue weighted by Gasteiger charge is 2.20. The zero-order valence-electron chi connectivity index (χ0n) is 22.3. The molecule has 0 unspecified atom stereocenters. The second-order valence-electron chi connectivity index (χ2n) is 8.91. The number of anilines is 2. The Morgan fingerprint density at radius 1 is 0.707 bits per heavy atom. The minimum atomic E-state index is -0.492. The van der Waals surface area contributed by atoms with Crippen molar-refractivity contribution in [3.8, 4) is 17.2 Å². The number of ether oxygens (including phenoxy) is 2. The molecule has 41 heavy (non-hydrogen) atoms. The van der Waals surface area contributed by atoms with E-state index in [0.717, 1.165) is 0 Å². The van der Waals surface area contributed by atoms with Crippen molar-refractivity contribution in [2.75, 3.05) is 24.9 Å². The predicted octanol–water partition coefficient (Wildman–Crippen LogP) is 7.48. The van der Waals surface area contributed by atoms with E-state index in [4.69, 9.17) is 9.47 Å². The largest absolute Gasteiger partial charge is 0.505 e. The van der Waals surface area contributed by atoms with Gasteiger partial charge in [0, 0.05) is 28.8 Å². The quantitative estimate of drug-likeness (QED) is 0.174. The smallest absolute Gasteiger partial charge is 0.259 e. The van der Waals surface area contributed by atoms with Crippen LogP contribution < -0.4 is 20.1 Å². The van der Waals surface area contributed by atoms with Gasteiger partial charge in [-0.3, -0.25) is 9.59 Å². The number of aromatic hydroxyl groups is 1. The van der Waals surface area contributed by atoms with E-state index in [1.54, 1.807) is 78.9 Å². The third-order valence-corrected chi connectivity index (χ3v) is 6.31. The molecule has 0 heterocycles. The Labute approximate surface area is 236 Å². The lowest BCUT2D eigenvalue weighted by molar-refractivity contribution is 0.101. The molecule has 0 fully saturated rings. The number of methoxy groups -OCH3 is 2. The Balaban J connectivity index is 1.52. The van der Waals surface area contributed by atoms with E-state index in [1.165, 1.54) is 14.2 Å². The van der Waals surface area contributed by atoms with Crippen molar-refractivity contribution >= 4 is 45.3 Å². The Kier molecular flexibility index (Phi) is 7.87. The molecule has 0 aliphatic rings. The minimum absolute atomic E-state index is 0.0463. The van der Waals surface area contributed by atoms with E-state index in [0.29, 0.717) is 39.2 Å². The summed E-state index contributed by atoms with van der Waals surface area (Å²) in [4.78, 5) is 25.8. The maximum atomic E-state index is 13.1. The summed E-state index contributed by atoms with van der Waals surface area (Å²) in [5.74, 6) is -0.497. The van der Waals surface area contributed by atoms with Gasteiger partial charge in [0.1, 0.15) is 22.9 Å². The van der Waals surface area contributed by atoms with Crippen molar-refractivity contribution in [3.05, 3.63) is 114 Å². The third-order valence-electron chi connectivity index (χ3n) is 6.31. The van der Waals surface area contributed by atoms with Crippen molar-refractivity contribution in [2.45, 2.75) is 0 Å². The number of carbonyl (C=O) groups excluding carboxylic acids is 2. The van der Waals surface area contributed by atoms with Crippen LogP contribution in [0.25, 0.3) is 10.8 Å². The number of rotatable bonds is 8. The zero-order valence-corrected chi connectivity index (χ0v) is 22.3. The number of hydrogen-bond donors (Lipinski definition) is 3. The number of para-hydroxylation sites is 1. The average Bonchev–Trinajstić information content (AvgIpc) is 3.01. The van der Waals surface area contributed by atoms with Crippen LogP contribution in [0.2, 0.25) is 0 Å². The first-order chi connectivity index (χ1) is 20.0. The van der Waals surface area contributed by atoms with Crippen LogP contribution in [0.5, 0.6) is 17.2 Å². The van der Waals surface area contributed by atoms with Crippen LogP contribution in [-0.4, -0.2) is 31.1 Å². The molecule has 2 amide bonds. The van der Waals surface area contributed by atoms with Crippen molar-refractivity contribution in [1.29, 1.82) is 0 Å². The minimum Gasteiger partial charge on any atom is -0.505 e. The number of azo groups is 1. The van der Waals surface area contributed by atoms with E-state index in [-0.39, 0.29) is 28.6 Å². The lowest BCUT2D eigenvalue weighted by Crippen LogP contribution is -2.12. The van der Waals surface area contributed by atoms with E-state index in [2.05, 4.69) is 20.9 Å². The molecule has 204 valence electrons. The third kappa shape index (κ3) is 5.84. The molecule has 5 rings (SSSR count). The van der Waals surface area contributed by atoms with Gasteiger partial charge in [-0.15, -0.1) is 10.2 Å². The second-order valence-corrected chi connectivity index (χ2v) is 8.91. The first kappa shape index (κ1) is 26.9. The average molecular weight is 547 g/mol. The molecule has 5 aromatic carbocycles. The highest BCUT2D eigenvalue weighted by atomic mass is 16.5. The molecule has 0 aliphatic carbocycles. The lowest BCUT2D eigenvalue weighted by Gasteiger charge is -2.14. The van der Waals surface area contributed by atoms with Crippen LogP contribution in [0.3, 0.4) is 0 Å². The predicted molar refractivity (Wildman–Crippen MR) is 158 cm³/mol. The molecule has 0 radical (unpaired) electrons. The Bertz CT molecular complexity index is 1760. The summed E-state index contributed by atoms with van der Waals surface area (Å²) < 4.78 is 11.0. The van der Waals surface area contributed by atoms with Crippen molar-refractivity contribution in [1.82, 2.24) is 0 Å². The van der Waals surface area contributed by atoms with E-state index < -0.39 is 5.91 Å². The van der Waals surface area contributed by atoms with Crippen molar-refractivity contribution in [3.63, 3.8) is 0 Å². The number of hydrogen-bond acceptors (Lipinski definition) is 7. The first-order valence-electron chi connectivity index (χ1n) is 12.6. The summed E-state index contributed by atoms with van der Waals surface area (Å²) in [5, 5.41) is 26.8. The number of amides is 2. The number of nitrogens with one attached hydrogen (secondary N) is 2. The Morgan fingerprint density at radius 3 is 2.07 bits per heavy atom. The topological polar surface area (TPSA) is 122 Å². The Morgan fingerprint density at radius 2 is 1.37 bits per heavy atom. The van der Waals surface area contributed by atoms with Gasteiger partial charge >= 0.3 is 0 Å². The van der Waals surface area contributed by atoms with Crippen LogP contribution in [0.15, 0.2) is 113 Å². The molecule has 5 aromatic rings. The molecule has 3 N–H and O–H groups in total. The summed E-state index contributed by atoms with van der Waals surface area (Å²) in [6, 6.07) is 29.7. The molecule has 0 spiro atoms. The number of carbonyl (C=O) groups is 2. The van der Waals surface area contributed by atoms with Crippen molar-refractivity contribution in [2.24, 2.45) is 10.2 Å². The van der Waals surface area contributed by atoms with Gasteiger partial charge in [0.25, 0.3) is 11.8 Å². The number of benzene rings is 5. The SMILES string of the molecule is COc1cc(NC(=O)c2ccccc2)c(OC)cc1N=Nc1c(O)c(C(=O)Nc2ccccc2)cc2ccccc12. The monoisotopic (exact) mass is 546 g/mol.